The highest BCUT2D eigenvalue weighted by atomic mass is 32.1. The van der Waals surface area contributed by atoms with Crippen molar-refractivity contribution in [2.75, 3.05) is 26.1 Å². The molecule has 0 saturated carbocycles. The van der Waals surface area contributed by atoms with Gasteiger partial charge in [-0.2, -0.15) is 11.3 Å². The van der Waals surface area contributed by atoms with Crippen LogP contribution >= 0.6 is 22.7 Å². The molecular formula is C25H23N3O4S2. The fraction of sp³-hybridized carbons (Fsp3) is 0.160. The molecule has 0 fully saturated rings. The molecule has 4 aromatic rings. The number of thiazole rings is 1. The first kappa shape index (κ1) is 23.5. The second-order valence-corrected chi connectivity index (χ2v) is 9.00. The molecule has 2 N–H and O–H groups in total. The minimum atomic E-state index is -0.220. The van der Waals surface area contributed by atoms with Crippen LogP contribution in [-0.2, 0) is 4.79 Å². The van der Waals surface area contributed by atoms with Crippen molar-refractivity contribution in [1.82, 2.24) is 10.3 Å². The molecule has 4 rings (SSSR count). The number of nitrogens with zero attached hydrogens (tertiary/aromatic N) is 1. The summed E-state index contributed by atoms with van der Waals surface area (Å²) < 4.78 is 10.5. The number of anilines is 1. The van der Waals surface area contributed by atoms with Gasteiger partial charge in [-0.25, -0.2) is 4.98 Å². The van der Waals surface area contributed by atoms with E-state index in [-0.39, 0.29) is 24.8 Å². The first-order chi connectivity index (χ1) is 16.6. The third-order valence-electron chi connectivity index (χ3n) is 5.01. The van der Waals surface area contributed by atoms with Crippen molar-refractivity contribution in [2.24, 2.45) is 0 Å². The standard InChI is InChI=1S/C25H23N3O4S2/c1-31-19-7-3-16(4-8-19)22-23(17-5-9-20(32-2)10-6-17)34-25(28-22)27-21(29)11-13-26-24(30)18-12-14-33-15-18/h3-10,12,14-15H,11,13H2,1-2H3,(H,26,30)(H,27,28,29). The Labute approximate surface area is 205 Å². The van der Waals surface area contributed by atoms with Crippen molar-refractivity contribution >= 4 is 39.6 Å². The van der Waals surface area contributed by atoms with Gasteiger partial charge in [0.25, 0.3) is 5.91 Å². The van der Waals surface area contributed by atoms with Crippen LogP contribution in [0.5, 0.6) is 11.5 Å². The summed E-state index contributed by atoms with van der Waals surface area (Å²) in [6.45, 7) is 0.239. The fourth-order valence-electron chi connectivity index (χ4n) is 3.22. The Hall–Kier alpha value is -3.69. The van der Waals surface area contributed by atoms with E-state index in [9.17, 15) is 9.59 Å². The third-order valence-corrected chi connectivity index (χ3v) is 6.71. The quantitative estimate of drug-likeness (QED) is 0.330. The summed E-state index contributed by atoms with van der Waals surface area (Å²) in [6.07, 6.45) is 0.144. The van der Waals surface area contributed by atoms with Crippen LogP contribution in [-0.4, -0.2) is 37.6 Å². The summed E-state index contributed by atoms with van der Waals surface area (Å²) in [5.41, 5.74) is 3.23. The van der Waals surface area contributed by atoms with E-state index < -0.39 is 0 Å². The Morgan fingerprint density at radius 2 is 1.56 bits per heavy atom. The number of carbonyl (C=O) groups excluding carboxylic acids is 2. The van der Waals surface area contributed by atoms with Crippen LogP contribution in [0.15, 0.2) is 65.4 Å². The molecule has 2 amide bonds. The largest absolute Gasteiger partial charge is 0.497 e. The smallest absolute Gasteiger partial charge is 0.252 e. The lowest BCUT2D eigenvalue weighted by Gasteiger charge is -2.05. The maximum atomic E-state index is 12.5. The summed E-state index contributed by atoms with van der Waals surface area (Å²) in [5.74, 6) is 1.11. The van der Waals surface area contributed by atoms with E-state index in [0.717, 1.165) is 33.2 Å². The van der Waals surface area contributed by atoms with Crippen LogP contribution < -0.4 is 20.1 Å². The van der Waals surface area contributed by atoms with Gasteiger partial charge in [0, 0.05) is 29.5 Å². The minimum absolute atomic E-state index is 0.144. The number of ether oxygens (including phenoxy) is 2. The number of rotatable bonds is 9. The SMILES string of the molecule is COc1ccc(-c2nc(NC(=O)CCNC(=O)c3ccsc3)sc2-c2ccc(OC)cc2)cc1. The number of thiophene rings is 1. The van der Waals surface area contributed by atoms with Crippen LogP contribution in [0.3, 0.4) is 0 Å². The van der Waals surface area contributed by atoms with Crippen molar-refractivity contribution in [1.29, 1.82) is 0 Å². The van der Waals surface area contributed by atoms with Crippen LogP contribution in [0, 0.1) is 0 Å². The molecule has 34 heavy (non-hydrogen) atoms. The molecule has 0 aliphatic carbocycles. The first-order valence-electron chi connectivity index (χ1n) is 10.5. The number of hydrogen-bond donors (Lipinski definition) is 2. The van der Waals surface area contributed by atoms with Crippen LogP contribution in [0.4, 0.5) is 5.13 Å². The van der Waals surface area contributed by atoms with E-state index in [2.05, 4.69) is 10.6 Å². The highest BCUT2D eigenvalue weighted by Crippen LogP contribution is 2.40. The van der Waals surface area contributed by atoms with E-state index in [1.807, 2.05) is 53.9 Å². The summed E-state index contributed by atoms with van der Waals surface area (Å²) in [6, 6.07) is 17.1. The highest BCUT2D eigenvalue weighted by molar-refractivity contribution is 7.19. The lowest BCUT2D eigenvalue weighted by molar-refractivity contribution is -0.116. The monoisotopic (exact) mass is 493 g/mol. The summed E-state index contributed by atoms with van der Waals surface area (Å²) in [4.78, 5) is 30.2. The average molecular weight is 494 g/mol. The molecule has 0 unspecified atom stereocenters. The molecule has 9 heteroatoms. The van der Waals surface area contributed by atoms with Gasteiger partial charge in [-0.15, -0.1) is 0 Å². The van der Waals surface area contributed by atoms with Gasteiger partial charge in [0.1, 0.15) is 11.5 Å². The van der Waals surface area contributed by atoms with Crippen molar-refractivity contribution in [3.05, 3.63) is 70.9 Å². The second kappa shape index (κ2) is 11.0. The molecule has 0 saturated heterocycles. The zero-order valence-corrected chi connectivity index (χ0v) is 20.3. The van der Waals surface area contributed by atoms with Gasteiger partial charge in [0.2, 0.25) is 5.91 Å². The van der Waals surface area contributed by atoms with E-state index in [4.69, 9.17) is 14.5 Å². The molecule has 0 aliphatic rings. The van der Waals surface area contributed by atoms with Gasteiger partial charge in [-0.1, -0.05) is 11.3 Å². The number of carbonyl (C=O) groups is 2. The van der Waals surface area contributed by atoms with E-state index in [1.165, 1.54) is 22.7 Å². The summed E-state index contributed by atoms with van der Waals surface area (Å²) in [7, 11) is 3.25. The lowest BCUT2D eigenvalue weighted by Crippen LogP contribution is -2.27. The molecule has 0 atom stereocenters. The van der Waals surface area contributed by atoms with Gasteiger partial charge >= 0.3 is 0 Å². The lowest BCUT2D eigenvalue weighted by atomic mass is 10.1. The van der Waals surface area contributed by atoms with Gasteiger partial charge in [0.05, 0.1) is 24.8 Å². The summed E-state index contributed by atoms with van der Waals surface area (Å²) >= 11 is 2.85. The number of amides is 2. The van der Waals surface area contributed by atoms with Crippen molar-refractivity contribution in [2.45, 2.75) is 6.42 Å². The number of aromatic nitrogens is 1. The third kappa shape index (κ3) is 5.62. The molecule has 2 heterocycles. The second-order valence-electron chi connectivity index (χ2n) is 7.22. The van der Waals surface area contributed by atoms with Gasteiger partial charge < -0.3 is 20.1 Å². The molecule has 0 bridgehead atoms. The topological polar surface area (TPSA) is 89.5 Å². The predicted molar refractivity (Wildman–Crippen MR) is 136 cm³/mol. The average Bonchev–Trinajstić information content (AvgIpc) is 3.55. The molecule has 0 spiro atoms. The number of hydrogen-bond acceptors (Lipinski definition) is 7. The Morgan fingerprint density at radius 3 is 2.15 bits per heavy atom. The predicted octanol–water partition coefficient (Wildman–Crippen LogP) is 5.31. The van der Waals surface area contributed by atoms with Crippen LogP contribution in [0.2, 0.25) is 0 Å². The maximum Gasteiger partial charge on any atom is 0.252 e. The zero-order chi connectivity index (χ0) is 23.9. The minimum Gasteiger partial charge on any atom is -0.497 e. The Kier molecular flexibility index (Phi) is 7.56. The van der Waals surface area contributed by atoms with E-state index >= 15 is 0 Å². The van der Waals surface area contributed by atoms with E-state index in [1.54, 1.807) is 25.7 Å². The normalized spacial score (nSPS) is 10.5. The van der Waals surface area contributed by atoms with Crippen molar-refractivity contribution in [3.8, 4) is 33.2 Å². The van der Waals surface area contributed by atoms with Crippen molar-refractivity contribution in [3.63, 3.8) is 0 Å². The van der Waals surface area contributed by atoms with Crippen LogP contribution in [0.25, 0.3) is 21.7 Å². The van der Waals surface area contributed by atoms with Crippen molar-refractivity contribution < 1.29 is 19.1 Å². The highest BCUT2D eigenvalue weighted by Gasteiger charge is 2.17. The Bertz CT molecular complexity index is 1190. The fourth-order valence-corrected chi connectivity index (χ4v) is 4.87. The number of benzene rings is 2. The van der Waals surface area contributed by atoms with E-state index in [0.29, 0.717) is 10.7 Å². The molecule has 0 radical (unpaired) electrons. The Balaban J connectivity index is 1.50. The molecular weight excluding hydrogens is 470 g/mol. The molecule has 2 aromatic carbocycles. The zero-order valence-electron chi connectivity index (χ0n) is 18.7. The summed E-state index contributed by atoms with van der Waals surface area (Å²) in [5, 5.41) is 9.72. The number of nitrogens with one attached hydrogen (secondary N) is 2. The maximum absolute atomic E-state index is 12.5. The van der Waals surface area contributed by atoms with Gasteiger partial charge in [-0.3, -0.25) is 9.59 Å². The molecule has 174 valence electrons. The number of methoxy groups -OCH3 is 2. The van der Waals surface area contributed by atoms with Gasteiger partial charge in [-0.05, 0) is 65.5 Å². The molecule has 7 nitrogen and oxygen atoms in total. The van der Waals surface area contributed by atoms with Gasteiger partial charge in [0.15, 0.2) is 5.13 Å². The van der Waals surface area contributed by atoms with Crippen LogP contribution in [0.1, 0.15) is 16.8 Å². The molecule has 0 aliphatic heterocycles. The Morgan fingerprint density at radius 1 is 0.912 bits per heavy atom. The first-order valence-corrected chi connectivity index (χ1v) is 12.2. The molecule has 2 aromatic heterocycles.